The fourth-order valence-corrected chi connectivity index (χ4v) is 4.68. The highest BCUT2D eigenvalue weighted by molar-refractivity contribution is 6.30. The third-order valence-corrected chi connectivity index (χ3v) is 6.73. The summed E-state index contributed by atoms with van der Waals surface area (Å²) >= 11 is 6.09. The lowest BCUT2D eigenvalue weighted by molar-refractivity contribution is 0.0573. The zero-order valence-corrected chi connectivity index (χ0v) is 20.0. The van der Waals surface area contributed by atoms with E-state index in [0.29, 0.717) is 59.2 Å². The van der Waals surface area contributed by atoms with Crippen molar-refractivity contribution in [3.63, 3.8) is 0 Å². The lowest BCUT2D eigenvalue weighted by Crippen LogP contribution is -2.50. The molecule has 1 fully saturated rings. The normalized spacial score (nSPS) is 15.3. The average Bonchev–Trinajstić information content (AvgIpc) is 2.88. The molecule has 3 aromatic carbocycles. The maximum atomic E-state index is 13.6. The number of halogens is 2. The molecule has 1 aliphatic heterocycles. The number of benzene rings is 3. The Bertz CT molecular complexity index is 1450. The van der Waals surface area contributed by atoms with Gasteiger partial charge in [0, 0.05) is 36.8 Å². The number of carbonyl (C=O) groups is 1. The molecule has 35 heavy (non-hydrogen) atoms. The molecule has 0 saturated carbocycles. The molecule has 1 amide bonds. The smallest absolute Gasteiger partial charge is 0.266 e. The van der Waals surface area contributed by atoms with Crippen molar-refractivity contribution in [2.75, 3.05) is 26.2 Å². The Kier molecular flexibility index (Phi) is 6.36. The molecule has 1 aromatic heterocycles. The molecular weight excluding hydrogens is 467 g/mol. The zero-order chi connectivity index (χ0) is 24.5. The van der Waals surface area contributed by atoms with Crippen LogP contribution in [-0.2, 0) is 0 Å². The summed E-state index contributed by atoms with van der Waals surface area (Å²) in [7, 11) is 0. The Morgan fingerprint density at radius 2 is 1.69 bits per heavy atom. The standard InChI is InChI=1S/C27H24ClFN4O2/c1-18(31-13-15-32(16-14-31)26(34)19-5-4-6-21(29)17-19)25-30-24-8-3-2-7-23(24)27(35)33(25)22-11-9-20(28)10-12-22/h2-12,17-18H,13-16H2,1H3. The van der Waals surface area contributed by atoms with Crippen LogP contribution in [0.4, 0.5) is 4.39 Å². The van der Waals surface area contributed by atoms with Gasteiger partial charge in [-0.25, -0.2) is 9.37 Å². The molecule has 178 valence electrons. The first kappa shape index (κ1) is 23.2. The van der Waals surface area contributed by atoms with Gasteiger partial charge in [0.25, 0.3) is 11.5 Å². The van der Waals surface area contributed by atoms with Gasteiger partial charge < -0.3 is 4.90 Å². The third kappa shape index (κ3) is 4.57. The molecule has 1 aliphatic rings. The largest absolute Gasteiger partial charge is 0.336 e. The van der Waals surface area contributed by atoms with Crippen LogP contribution in [0.2, 0.25) is 5.02 Å². The van der Waals surface area contributed by atoms with Crippen LogP contribution in [0.1, 0.15) is 29.1 Å². The second-order valence-electron chi connectivity index (χ2n) is 8.62. The lowest BCUT2D eigenvalue weighted by atomic mass is 10.1. The first-order chi connectivity index (χ1) is 16.9. The van der Waals surface area contributed by atoms with E-state index in [-0.39, 0.29) is 17.5 Å². The number of hydrogen-bond acceptors (Lipinski definition) is 4. The van der Waals surface area contributed by atoms with Crippen LogP contribution < -0.4 is 5.56 Å². The highest BCUT2D eigenvalue weighted by Gasteiger charge is 2.28. The number of piperazine rings is 1. The monoisotopic (exact) mass is 490 g/mol. The van der Waals surface area contributed by atoms with Crippen LogP contribution in [-0.4, -0.2) is 51.4 Å². The number of amides is 1. The summed E-state index contributed by atoms with van der Waals surface area (Å²) in [5.74, 6) is 0.0188. The number of rotatable bonds is 4. The quantitative estimate of drug-likeness (QED) is 0.416. The van der Waals surface area contributed by atoms with E-state index in [1.165, 1.54) is 12.1 Å². The van der Waals surface area contributed by atoms with Crippen molar-refractivity contribution >= 4 is 28.4 Å². The molecule has 0 radical (unpaired) electrons. The van der Waals surface area contributed by atoms with Crippen molar-refractivity contribution in [3.05, 3.63) is 105 Å². The second-order valence-corrected chi connectivity index (χ2v) is 9.06. The van der Waals surface area contributed by atoms with Gasteiger partial charge in [0.05, 0.1) is 22.6 Å². The van der Waals surface area contributed by atoms with Crippen molar-refractivity contribution in [1.82, 2.24) is 19.4 Å². The number of fused-ring (bicyclic) bond motifs is 1. The number of aromatic nitrogens is 2. The van der Waals surface area contributed by atoms with Crippen LogP contribution in [0, 0.1) is 5.82 Å². The van der Waals surface area contributed by atoms with Crippen LogP contribution in [0.5, 0.6) is 0 Å². The van der Waals surface area contributed by atoms with Crippen molar-refractivity contribution in [1.29, 1.82) is 0 Å². The minimum absolute atomic E-state index is 0.139. The van der Waals surface area contributed by atoms with Gasteiger partial charge in [-0.05, 0) is 61.5 Å². The van der Waals surface area contributed by atoms with Gasteiger partial charge >= 0.3 is 0 Å². The molecule has 5 rings (SSSR count). The summed E-state index contributed by atoms with van der Waals surface area (Å²) in [6.07, 6.45) is 0. The van der Waals surface area contributed by atoms with Gasteiger partial charge in [-0.2, -0.15) is 0 Å². The molecule has 0 N–H and O–H groups in total. The summed E-state index contributed by atoms with van der Waals surface area (Å²) in [6, 6.07) is 20.0. The Hall–Kier alpha value is -3.55. The number of hydrogen-bond donors (Lipinski definition) is 0. The Morgan fingerprint density at radius 3 is 2.40 bits per heavy atom. The molecule has 0 spiro atoms. The SMILES string of the molecule is CC(c1nc2ccccc2c(=O)n1-c1ccc(Cl)cc1)N1CCN(C(=O)c2cccc(F)c2)CC1. The maximum Gasteiger partial charge on any atom is 0.266 e. The van der Waals surface area contributed by atoms with E-state index < -0.39 is 5.82 Å². The van der Waals surface area contributed by atoms with Crippen molar-refractivity contribution in [3.8, 4) is 5.69 Å². The highest BCUT2D eigenvalue weighted by Crippen LogP contribution is 2.25. The van der Waals surface area contributed by atoms with Gasteiger partial charge in [-0.1, -0.05) is 29.8 Å². The first-order valence-electron chi connectivity index (χ1n) is 11.5. The summed E-state index contributed by atoms with van der Waals surface area (Å²) in [4.78, 5) is 35.2. The second kappa shape index (κ2) is 9.60. The first-order valence-corrected chi connectivity index (χ1v) is 11.9. The van der Waals surface area contributed by atoms with Crippen molar-refractivity contribution in [2.45, 2.75) is 13.0 Å². The summed E-state index contributed by atoms with van der Waals surface area (Å²) in [5.41, 5.74) is 1.54. The molecule has 6 nitrogen and oxygen atoms in total. The van der Waals surface area contributed by atoms with Gasteiger partial charge in [0.15, 0.2) is 0 Å². The summed E-state index contributed by atoms with van der Waals surface area (Å²) in [6.45, 7) is 4.22. The van der Waals surface area contributed by atoms with E-state index in [9.17, 15) is 14.0 Å². The van der Waals surface area contributed by atoms with Crippen LogP contribution >= 0.6 is 11.6 Å². The molecule has 4 aromatic rings. The van der Waals surface area contributed by atoms with Gasteiger partial charge in [-0.3, -0.25) is 19.1 Å². The van der Waals surface area contributed by atoms with Crippen LogP contribution in [0.25, 0.3) is 16.6 Å². The number of carbonyl (C=O) groups excluding carboxylic acids is 1. The van der Waals surface area contributed by atoms with E-state index in [2.05, 4.69) is 4.90 Å². The molecule has 0 bridgehead atoms. The molecule has 1 saturated heterocycles. The predicted octanol–water partition coefficient (Wildman–Crippen LogP) is 4.70. The van der Waals surface area contributed by atoms with E-state index in [4.69, 9.17) is 16.6 Å². The van der Waals surface area contributed by atoms with Gasteiger partial charge in [0.2, 0.25) is 0 Å². The minimum atomic E-state index is -0.425. The van der Waals surface area contributed by atoms with Crippen molar-refractivity contribution < 1.29 is 9.18 Å². The Labute approximate surface area is 207 Å². The Morgan fingerprint density at radius 1 is 0.971 bits per heavy atom. The average molecular weight is 491 g/mol. The fourth-order valence-electron chi connectivity index (χ4n) is 4.55. The van der Waals surface area contributed by atoms with Crippen LogP contribution in [0.3, 0.4) is 0 Å². The van der Waals surface area contributed by atoms with E-state index in [1.54, 1.807) is 39.8 Å². The van der Waals surface area contributed by atoms with E-state index in [0.717, 1.165) is 0 Å². The lowest BCUT2D eigenvalue weighted by Gasteiger charge is -2.38. The molecule has 8 heteroatoms. The number of para-hydroxylation sites is 1. The van der Waals surface area contributed by atoms with Crippen molar-refractivity contribution in [2.24, 2.45) is 0 Å². The number of nitrogens with zero attached hydrogens (tertiary/aromatic N) is 4. The third-order valence-electron chi connectivity index (χ3n) is 6.48. The molecular formula is C27H24ClFN4O2. The zero-order valence-electron chi connectivity index (χ0n) is 19.2. The van der Waals surface area contributed by atoms with Gasteiger partial charge in [0.1, 0.15) is 11.6 Å². The fraction of sp³-hybridized carbons (Fsp3) is 0.222. The van der Waals surface area contributed by atoms with E-state index >= 15 is 0 Å². The minimum Gasteiger partial charge on any atom is -0.336 e. The molecule has 2 heterocycles. The molecule has 1 unspecified atom stereocenters. The van der Waals surface area contributed by atoms with Crippen LogP contribution in [0.15, 0.2) is 77.6 Å². The molecule has 1 atom stereocenters. The summed E-state index contributed by atoms with van der Waals surface area (Å²) in [5, 5.41) is 1.13. The van der Waals surface area contributed by atoms with E-state index in [1.807, 2.05) is 37.3 Å². The Balaban J connectivity index is 1.44. The van der Waals surface area contributed by atoms with Gasteiger partial charge in [-0.15, -0.1) is 0 Å². The highest BCUT2D eigenvalue weighted by atomic mass is 35.5. The topological polar surface area (TPSA) is 58.4 Å². The molecule has 0 aliphatic carbocycles. The maximum absolute atomic E-state index is 13.6. The predicted molar refractivity (Wildman–Crippen MR) is 135 cm³/mol. The summed E-state index contributed by atoms with van der Waals surface area (Å²) < 4.78 is 15.2.